The molecule has 166 valence electrons. The molecule has 3 aliphatic heterocycles. The first-order chi connectivity index (χ1) is 15.1. The van der Waals surface area contributed by atoms with Gasteiger partial charge in [-0.05, 0) is 27.2 Å². The molecular weight excluding hydrogens is 418 g/mol. The predicted octanol–water partition coefficient (Wildman–Crippen LogP) is 4.34. The lowest BCUT2D eigenvalue weighted by Gasteiger charge is -2.26. The number of hydrogen-bond donors (Lipinski definition) is 0. The van der Waals surface area contributed by atoms with Crippen molar-refractivity contribution in [2.75, 3.05) is 19.8 Å². The minimum Gasteiger partial charge on any atom is -0.474 e. The lowest BCUT2D eigenvalue weighted by atomic mass is 9.89. The summed E-state index contributed by atoms with van der Waals surface area (Å²) < 4.78 is 16.7. The first-order valence-corrected chi connectivity index (χ1v) is 11.1. The van der Waals surface area contributed by atoms with Crippen LogP contribution >= 0.6 is 11.6 Å². The van der Waals surface area contributed by atoms with Crippen LogP contribution in [0.3, 0.4) is 0 Å². The SMILES string of the molecule is CCOCCCN1C=CC2C1=CN=CC2c1noc(C2C=NC(OC(C)C)=C(Cl)C2)n1. The predicted molar refractivity (Wildman–Crippen MR) is 119 cm³/mol. The Labute approximate surface area is 187 Å². The molecule has 3 aliphatic rings. The molecule has 9 heteroatoms. The molecule has 3 unspecified atom stereocenters. The highest BCUT2D eigenvalue weighted by molar-refractivity contribution is 6.30. The van der Waals surface area contributed by atoms with Crippen molar-refractivity contribution in [1.29, 1.82) is 0 Å². The van der Waals surface area contributed by atoms with E-state index in [0.717, 1.165) is 31.9 Å². The number of hydrogen-bond acceptors (Lipinski definition) is 8. The summed E-state index contributed by atoms with van der Waals surface area (Å²) in [7, 11) is 0. The van der Waals surface area contributed by atoms with Crippen molar-refractivity contribution in [2.45, 2.75) is 51.6 Å². The average Bonchev–Trinajstić information content (AvgIpc) is 3.40. The number of ether oxygens (including phenoxy) is 2. The summed E-state index contributed by atoms with van der Waals surface area (Å²) >= 11 is 6.38. The van der Waals surface area contributed by atoms with Crippen molar-refractivity contribution in [3.05, 3.63) is 46.8 Å². The second-order valence-electron chi connectivity index (χ2n) is 7.95. The zero-order valence-corrected chi connectivity index (χ0v) is 18.8. The molecular formula is C22H28ClN5O3. The monoisotopic (exact) mass is 445 g/mol. The van der Waals surface area contributed by atoms with Gasteiger partial charge in [0.2, 0.25) is 11.8 Å². The number of allylic oxidation sites excluding steroid dienone is 2. The first-order valence-electron chi connectivity index (χ1n) is 10.8. The third kappa shape index (κ3) is 4.91. The van der Waals surface area contributed by atoms with Crippen LogP contribution in [0.1, 0.15) is 57.2 Å². The van der Waals surface area contributed by atoms with Crippen LogP contribution in [0.4, 0.5) is 0 Å². The van der Waals surface area contributed by atoms with E-state index >= 15 is 0 Å². The van der Waals surface area contributed by atoms with Gasteiger partial charge in [0.05, 0.1) is 23.0 Å². The van der Waals surface area contributed by atoms with Gasteiger partial charge in [-0.3, -0.25) is 4.99 Å². The van der Waals surface area contributed by atoms with E-state index in [1.54, 1.807) is 6.21 Å². The maximum atomic E-state index is 6.38. The third-order valence-electron chi connectivity index (χ3n) is 5.30. The highest BCUT2D eigenvalue weighted by atomic mass is 35.5. The van der Waals surface area contributed by atoms with E-state index in [0.29, 0.717) is 29.1 Å². The highest BCUT2D eigenvalue weighted by Crippen LogP contribution is 2.38. The molecule has 0 N–H and O–H groups in total. The van der Waals surface area contributed by atoms with Gasteiger partial charge in [-0.15, -0.1) is 0 Å². The van der Waals surface area contributed by atoms with Crippen LogP contribution in [0, 0.1) is 5.92 Å². The Bertz CT molecular complexity index is 933. The van der Waals surface area contributed by atoms with E-state index in [1.807, 2.05) is 33.2 Å². The molecule has 0 fully saturated rings. The molecule has 0 saturated heterocycles. The second-order valence-corrected chi connectivity index (χ2v) is 8.40. The van der Waals surface area contributed by atoms with Crippen molar-refractivity contribution in [3.8, 4) is 0 Å². The van der Waals surface area contributed by atoms with Gasteiger partial charge >= 0.3 is 0 Å². The quantitative estimate of drug-likeness (QED) is 0.525. The second kappa shape index (κ2) is 9.78. The fraction of sp³-hybridized carbons (Fsp3) is 0.545. The van der Waals surface area contributed by atoms with Crippen LogP contribution in [-0.2, 0) is 9.47 Å². The summed E-state index contributed by atoms with van der Waals surface area (Å²) in [5, 5.41) is 4.81. The molecule has 0 aromatic carbocycles. The van der Waals surface area contributed by atoms with Gasteiger partial charge in [0.25, 0.3) is 0 Å². The lowest BCUT2D eigenvalue weighted by Crippen LogP contribution is -2.25. The van der Waals surface area contributed by atoms with E-state index in [4.69, 9.17) is 25.6 Å². The lowest BCUT2D eigenvalue weighted by molar-refractivity contribution is 0.140. The number of rotatable bonds is 9. The first kappa shape index (κ1) is 21.8. The van der Waals surface area contributed by atoms with E-state index in [2.05, 4.69) is 37.3 Å². The van der Waals surface area contributed by atoms with Crippen LogP contribution in [0.15, 0.2) is 49.6 Å². The van der Waals surface area contributed by atoms with Crippen molar-refractivity contribution in [3.63, 3.8) is 0 Å². The fourth-order valence-electron chi connectivity index (χ4n) is 3.82. The maximum Gasteiger partial charge on any atom is 0.235 e. The van der Waals surface area contributed by atoms with Crippen molar-refractivity contribution < 1.29 is 14.0 Å². The molecule has 0 radical (unpaired) electrons. The van der Waals surface area contributed by atoms with E-state index in [9.17, 15) is 0 Å². The molecule has 0 bridgehead atoms. The minimum absolute atomic E-state index is 0.0125. The molecule has 3 atom stereocenters. The third-order valence-corrected chi connectivity index (χ3v) is 5.62. The van der Waals surface area contributed by atoms with Crippen LogP contribution in [-0.4, -0.2) is 53.3 Å². The highest BCUT2D eigenvalue weighted by Gasteiger charge is 2.35. The van der Waals surface area contributed by atoms with Gasteiger partial charge in [0.1, 0.15) is 0 Å². The summed E-state index contributed by atoms with van der Waals surface area (Å²) in [4.78, 5) is 15.7. The van der Waals surface area contributed by atoms with Crippen LogP contribution < -0.4 is 0 Å². The van der Waals surface area contributed by atoms with Crippen molar-refractivity contribution in [1.82, 2.24) is 15.0 Å². The maximum absolute atomic E-state index is 6.38. The Hall–Kier alpha value is -2.45. The molecule has 0 saturated carbocycles. The summed E-state index contributed by atoms with van der Waals surface area (Å²) in [6.45, 7) is 8.28. The molecule has 0 spiro atoms. The van der Waals surface area contributed by atoms with Crippen molar-refractivity contribution >= 4 is 24.0 Å². The number of fused-ring (bicyclic) bond motifs is 1. The summed E-state index contributed by atoms with van der Waals surface area (Å²) in [6, 6.07) is 0. The standard InChI is InChI=1S/C22H28ClN5O3/c1-4-29-9-5-7-28-8-6-16-17(12-24-13-19(16)28)20-26-21(31-27-20)15-10-18(23)22(25-11-15)30-14(2)3/h6,8,11-17H,4-5,7,9-10H2,1-3H3. The number of nitrogens with zero attached hydrogens (tertiary/aromatic N) is 5. The Morgan fingerprint density at radius 1 is 1.29 bits per heavy atom. The molecule has 4 rings (SSSR count). The van der Waals surface area contributed by atoms with Gasteiger partial charge in [0.15, 0.2) is 5.82 Å². The summed E-state index contributed by atoms with van der Waals surface area (Å²) in [6.07, 6.45) is 11.3. The zero-order chi connectivity index (χ0) is 21.8. The van der Waals surface area contributed by atoms with Gasteiger partial charge in [-0.25, -0.2) is 4.99 Å². The number of aromatic nitrogens is 2. The smallest absolute Gasteiger partial charge is 0.235 e. The Kier molecular flexibility index (Phi) is 6.87. The minimum atomic E-state index is -0.169. The molecule has 1 aromatic rings. The number of halogens is 1. The number of aliphatic imine (C=N–C) groups is 2. The normalized spacial score (nSPS) is 24.9. The van der Waals surface area contributed by atoms with Crippen LogP contribution in [0.5, 0.6) is 0 Å². The van der Waals surface area contributed by atoms with E-state index in [1.165, 1.54) is 0 Å². The molecule has 8 nitrogen and oxygen atoms in total. The Morgan fingerprint density at radius 2 is 2.16 bits per heavy atom. The zero-order valence-electron chi connectivity index (χ0n) is 18.1. The topological polar surface area (TPSA) is 85.3 Å². The van der Waals surface area contributed by atoms with Crippen LogP contribution in [0.25, 0.3) is 0 Å². The van der Waals surface area contributed by atoms with Gasteiger partial charge in [0, 0.05) is 62.6 Å². The largest absolute Gasteiger partial charge is 0.474 e. The molecule has 0 aliphatic carbocycles. The Morgan fingerprint density at radius 3 is 2.94 bits per heavy atom. The Balaban J connectivity index is 1.41. The molecule has 31 heavy (non-hydrogen) atoms. The molecule has 1 aromatic heterocycles. The summed E-state index contributed by atoms with van der Waals surface area (Å²) in [5.74, 6) is 1.48. The van der Waals surface area contributed by atoms with E-state index < -0.39 is 0 Å². The molecule has 4 heterocycles. The van der Waals surface area contributed by atoms with Crippen molar-refractivity contribution in [2.24, 2.45) is 15.9 Å². The average molecular weight is 446 g/mol. The molecule has 0 amide bonds. The fourth-order valence-corrected chi connectivity index (χ4v) is 4.08. The van der Waals surface area contributed by atoms with Gasteiger partial charge in [-0.1, -0.05) is 22.8 Å². The van der Waals surface area contributed by atoms with Gasteiger partial charge in [-0.2, -0.15) is 4.98 Å². The van der Waals surface area contributed by atoms with E-state index in [-0.39, 0.29) is 23.9 Å². The van der Waals surface area contributed by atoms with Gasteiger partial charge < -0.3 is 18.9 Å². The van der Waals surface area contributed by atoms with Crippen LogP contribution in [0.2, 0.25) is 0 Å². The summed E-state index contributed by atoms with van der Waals surface area (Å²) in [5.41, 5.74) is 1.15.